The summed E-state index contributed by atoms with van der Waals surface area (Å²) in [6.45, 7) is 4.56. The molecule has 0 bridgehead atoms. The molecule has 0 unspecified atom stereocenters. The molecule has 9 heteroatoms. The fourth-order valence-corrected chi connectivity index (χ4v) is 5.29. The lowest BCUT2D eigenvalue weighted by atomic mass is 9.80. The molecule has 1 saturated carbocycles. The smallest absolute Gasteiger partial charge is 0.306 e. The Hall–Kier alpha value is -3.04. The number of nitrogens with zero attached hydrogens (tertiary/aromatic N) is 3. The highest BCUT2D eigenvalue weighted by molar-refractivity contribution is 7.88. The molecule has 34 heavy (non-hydrogen) atoms. The van der Waals surface area contributed by atoms with E-state index in [1.165, 1.54) is 9.87 Å². The predicted molar refractivity (Wildman–Crippen MR) is 128 cm³/mol. The molecule has 1 fully saturated rings. The summed E-state index contributed by atoms with van der Waals surface area (Å²) in [5.74, 6) is 0.131. The molecule has 0 spiro atoms. The first-order chi connectivity index (χ1) is 16.1. The molecule has 180 valence electrons. The number of carboxylic acids is 1. The Kier molecular flexibility index (Phi) is 6.86. The van der Waals surface area contributed by atoms with Crippen molar-refractivity contribution in [3.05, 3.63) is 59.7 Å². The normalized spacial score (nSPS) is 18.3. The summed E-state index contributed by atoms with van der Waals surface area (Å²) in [4.78, 5) is 15.6. The monoisotopic (exact) mass is 483 g/mol. The van der Waals surface area contributed by atoms with Crippen LogP contribution in [0.1, 0.15) is 37.8 Å². The lowest BCUT2D eigenvalue weighted by Crippen LogP contribution is -2.48. The third-order valence-electron chi connectivity index (χ3n) is 6.12. The first-order valence-corrected chi connectivity index (χ1v) is 13.2. The molecule has 1 aromatic heterocycles. The molecule has 4 rings (SSSR count). The number of rotatable bonds is 9. The first-order valence-electron chi connectivity index (χ1n) is 11.3. The van der Waals surface area contributed by atoms with Crippen molar-refractivity contribution in [2.24, 2.45) is 11.8 Å². The molecule has 1 aliphatic carbocycles. The second-order valence-corrected chi connectivity index (χ2v) is 11.3. The van der Waals surface area contributed by atoms with Gasteiger partial charge >= 0.3 is 5.97 Å². The number of aromatic nitrogens is 2. The Balaban J connectivity index is 1.44. The van der Waals surface area contributed by atoms with Crippen molar-refractivity contribution in [1.82, 2.24) is 14.4 Å². The van der Waals surface area contributed by atoms with Gasteiger partial charge in [-0.3, -0.25) is 4.79 Å². The second-order valence-electron chi connectivity index (χ2n) is 9.38. The van der Waals surface area contributed by atoms with Crippen LogP contribution in [0, 0.1) is 11.8 Å². The van der Waals surface area contributed by atoms with Crippen molar-refractivity contribution < 1.29 is 22.8 Å². The molecule has 0 radical (unpaired) electrons. The molecule has 1 heterocycles. The average Bonchev–Trinajstić information content (AvgIpc) is 3.22. The zero-order chi connectivity index (χ0) is 24.5. The highest BCUT2D eigenvalue weighted by atomic mass is 32.2. The molecular formula is C25H29N3O5S. The van der Waals surface area contributed by atoms with Crippen molar-refractivity contribution in [3.63, 3.8) is 0 Å². The van der Waals surface area contributed by atoms with Crippen molar-refractivity contribution in [2.75, 3.05) is 6.26 Å². The Morgan fingerprint density at radius 2 is 1.65 bits per heavy atom. The summed E-state index contributed by atoms with van der Waals surface area (Å²) < 4.78 is 31.4. The van der Waals surface area contributed by atoms with Gasteiger partial charge in [-0.15, -0.1) is 0 Å². The largest absolute Gasteiger partial charge is 0.481 e. The molecule has 0 aliphatic heterocycles. The average molecular weight is 484 g/mol. The molecule has 1 aliphatic rings. The number of carbonyl (C=O) groups is 1. The molecule has 0 saturated heterocycles. The van der Waals surface area contributed by atoms with Crippen LogP contribution in [0.3, 0.4) is 0 Å². The Labute approximate surface area is 199 Å². The van der Waals surface area contributed by atoms with Gasteiger partial charge in [0.25, 0.3) is 5.89 Å². The molecule has 8 nitrogen and oxygen atoms in total. The van der Waals surface area contributed by atoms with Gasteiger partial charge in [-0.05, 0) is 48.4 Å². The van der Waals surface area contributed by atoms with Gasteiger partial charge in [0.05, 0.1) is 12.2 Å². The van der Waals surface area contributed by atoms with Crippen molar-refractivity contribution in [3.8, 4) is 22.8 Å². The van der Waals surface area contributed by atoms with E-state index in [-0.39, 0.29) is 12.6 Å². The van der Waals surface area contributed by atoms with Gasteiger partial charge in [-0.25, -0.2) is 8.42 Å². The summed E-state index contributed by atoms with van der Waals surface area (Å²) >= 11 is 0. The highest BCUT2D eigenvalue weighted by Gasteiger charge is 2.41. The topological polar surface area (TPSA) is 114 Å². The van der Waals surface area contributed by atoms with E-state index in [4.69, 9.17) is 9.63 Å². The summed E-state index contributed by atoms with van der Waals surface area (Å²) in [6.07, 6.45) is 2.85. The minimum Gasteiger partial charge on any atom is -0.481 e. The summed E-state index contributed by atoms with van der Waals surface area (Å²) in [6, 6.07) is 15.1. The maximum Gasteiger partial charge on any atom is 0.306 e. The molecular weight excluding hydrogens is 454 g/mol. The zero-order valence-electron chi connectivity index (χ0n) is 19.5. The van der Waals surface area contributed by atoms with Crippen molar-refractivity contribution >= 4 is 16.0 Å². The maximum absolute atomic E-state index is 12.3. The standard InChI is InChI=1S/C25H29N3O5S/c1-16(2)12-17-4-10-20(11-5-17)24-26-23(27-33-24)19-8-6-18(7-9-19)15-28(34(3,31)32)22-13-21(14-22)25(29)30/h4-11,16,21-22H,12-15H2,1-3H3,(H,29,30). The van der Waals surface area contributed by atoms with E-state index in [9.17, 15) is 13.2 Å². The first kappa shape index (κ1) is 24.1. The number of aliphatic carboxylic acids is 1. The molecule has 0 amide bonds. The van der Waals surface area contributed by atoms with E-state index in [2.05, 4.69) is 36.1 Å². The summed E-state index contributed by atoms with van der Waals surface area (Å²) in [7, 11) is -3.47. The fourth-order valence-electron chi connectivity index (χ4n) is 4.19. The number of hydrogen-bond donors (Lipinski definition) is 1. The lowest BCUT2D eigenvalue weighted by Gasteiger charge is -2.39. The van der Waals surface area contributed by atoms with Crippen molar-refractivity contribution in [1.29, 1.82) is 0 Å². The van der Waals surface area contributed by atoms with Gasteiger partial charge in [0.15, 0.2) is 0 Å². The summed E-state index contributed by atoms with van der Waals surface area (Å²) in [5.41, 5.74) is 3.68. The van der Waals surface area contributed by atoms with Crippen LogP contribution < -0.4 is 0 Å². The van der Waals surface area contributed by atoms with Crippen LogP contribution >= 0.6 is 0 Å². The van der Waals surface area contributed by atoms with E-state index < -0.39 is 21.9 Å². The molecule has 1 N–H and O–H groups in total. The third-order valence-corrected chi connectivity index (χ3v) is 7.40. The van der Waals surface area contributed by atoms with E-state index in [1.807, 2.05) is 36.4 Å². The highest BCUT2D eigenvalue weighted by Crippen LogP contribution is 2.34. The number of sulfonamides is 1. The Morgan fingerprint density at radius 3 is 2.21 bits per heavy atom. The molecule has 0 atom stereocenters. The molecule has 3 aromatic rings. The van der Waals surface area contributed by atoms with Crippen LogP contribution in [-0.2, 0) is 27.8 Å². The van der Waals surface area contributed by atoms with Gasteiger partial charge in [0.2, 0.25) is 15.8 Å². The number of carboxylic acid groups (broad SMARTS) is 1. The second kappa shape index (κ2) is 9.68. The predicted octanol–water partition coefficient (Wildman–Crippen LogP) is 4.23. The zero-order valence-corrected chi connectivity index (χ0v) is 20.3. The Morgan fingerprint density at radius 1 is 1.06 bits per heavy atom. The van der Waals surface area contributed by atoms with Crippen LogP contribution in [0.2, 0.25) is 0 Å². The minimum atomic E-state index is -3.47. The molecule has 2 aromatic carbocycles. The lowest BCUT2D eigenvalue weighted by molar-refractivity contribution is -0.146. The minimum absolute atomic E-state index is 0.191. The van der Waals surface area contributed by atoms with Crippen LogP contribution in [-0.4, -0.2) is 46.2 Å². The van der Waals surface area contributed by atoms with Gasteiger partial charge < -0.3 is 9.63 Å². The van der Waals surface area contributed by atoms with Crippen LogP contribution in [0.5, 0.6) is 0 Å². The quantitative estimate of drug-likeness (QED) is 0.484. The van der Waals surface area contributed by atoms with Gasteiger partial charge in [-0.2, -0.15) is 9.29 Å². The number of hydrogen-bond acceptors (Lipinski definition) is 6. The maximum atomic E-state index is 12.3. The van der Waals surface area contributed by atoms with Gasteiger partial charge in [-0.1, -0.05) is 55.4 Å². The van der Waals surface area contributed by atoms with E-state index in [1.54, 1.807) is 0 Å². The van der Waals surface area contributed by atoms with E-state index in [0.717, 1.165) is 29.4 Å². The van der Waals surface area contributed by atoms with Gasteiger partial charge in [0, 0.05) is 23.7 Å². The summed E-state index contributed by atoms with van der Waals surface area (Å²) in [5, 5.41) is 13.2. The van der Waals surface area contributed by atoms with E-state index >= 15 is 0 Å². The SMILES string of the molecule is CC(C)Cc1ccc(-c2nc(-c3ccc(CN(C4CC(C(=O)O)C4)S(C)(=O)=O)cc3)no2)cc1. The Bertz CT molecular complexity index is 1240. The van der Waals surface area contributed by atoms with Crippen LogP contribution in [0.25, 0.3) is 22.8 Å². The third kappa shape index (κ3) is 5.53. The van der Waals surface area contributed by atoms with Crippen LogP contribution in [0.15, 0.2) is 53.1 Å². The fraction of sp³-hybridized carbons (Fsp3) is 0.400. The van der Waals surface area contributed by atoms with E-state index in [0.29, 0.717) is 30.5 Å². The van der Waals surface area contributed by atoms with Crippen molar-refractivity contribution in [2.45, 2.75) is 45.7 Å². The number of benzene rings is 2. The van der Waals surface area contributed by atoms with Gasteiger partial charge in [0.1, 0.15) is 0 Å². The van der Waals surface area contributed by atoms with Crippen LogP contribution in [0.4, 0.5) is 0 Å².